The maximum Gasteiger partial charge on any atom is 0.0920 e. The Bertz CT molecular complexity index is 180. The maximum absolute atomic E-state index is 7.74. The lowest BCUT2D eigenvalue weighted by atomic mass is 9.99. The Morgan fingerprint density at radius 2 is 2.07 bits per heavy atom. The highest BCUT2D eigenvalue weighted by Gasteiger charge is 2.09. The summed E-state index contributed by atoms with van der Waals surface area (Å²) in [5.41, 5.74) is 0.670. The summed E-state index contributed by atoms with van der Waals surface area (Å²) in [6.45, 7) is 6.65. The zero-order valence-electron chi connectivity index (χ0n) is 9.47. The van der Waals surface area contributed by atoms with Crippen molar-refractivity contribution in [2.24, 2.45) is 5.92 Å². The second kappa shape index (κ2) is 7.68. The lowest BCUT2D eigenvalue weighted by Gasteiger charge is -2.14. The highest BCUT2D eigenvalue weighted by atomic mass is 16.5. The minimum Gasteiger partial charge on any atom is -0.373 e. The molecule has 0 radical (unpaired) electrons. The standard InChI is InChI=1S/C11H22N2O/c1-4-14-10(3)11(13)6-5-9(2)7-8-12/h8-10,12-13H,4-7H2,1-3H3. The Balaban J connectivity index is 3.66. The molecule has 0 spiro atoms. The fourth-order valence-corrected chi connectivity index (χ4v) is 1.27. The van der Waals surface area contributed by atoms with Gasteiger partial charge in [-0.15, -0.1) is 0 Å². The van der Waals surface area contributed by atoms with Gasteiger partial charge in [0.15, 0.2) is 0 Å². The maximum atomic E-state index is 7.74. The molecule has 3 heteroatoms. The summed E-state index contributed by atoms with van der Waals surface area (Å²) in [4.78, 5) is 0. The zero-order valence-corrected chi connectivity index (χ0v) is 9.47. The molecule has 0 aromatic heterocycles. The average molecular weight is 198 g/mol. The van der Waals surface area contributed by atoms with Crippen LogP contribution >= 0.6 is 0 Å². The number of nitrogens with one attached hydrogen (secondary N) is 2. The summed E-state index contributed by atoms with van der Waals surface area (Å²) in [6.07, 6.45) is 3.98. The molecule has 3 nitrogen and oxygen atoms in total. The smallest absolute Gasteiger partial charge is 0.0920 e. The third-order valence-electron chi connectivity index (χ3n) is 2.33. The monoisotopic (exact) mass is 198 g/mol. The van der Waals surface area contributed by atoms with Crippen LogP contribution in [0, 0.1) is 16.7 Å². The summed E-state index contributed by atoms with van der Waals surface area (Å²) in [5, 5.41) is 14.7. The Morgan fingerprint density at radius 3 is 2.57 bits per heavy atom. The molecule has 0 aliphatic heterocycles. The molecule has 0 saturated heterocycles. The first-order valence-corrected chi connectivity index (χ1v) is 5.29. The molecule has 0 aliphatic rings. The van der Waals surface area contributed by atoms with Crippen LogP contribution in [0.4, 0.5) is 0 Å². The minimum absolute atomic E-state index is 0.0489. The van der Waals surface area contributed by atoms with Gasteiger partial charge in [0.2, 0.25) is 0 Å². The zero-order chi connectivity index (χ0) is 11.0. The van der Waals surface area contributed by atoms with E-state index in [1.165, 1.54) is 6.21 Å². The van der Waals surface area contributed by atoms with E-state index >= 15 is 0 Å². The van der Waals surface area contributed by atoms with Crippen LogP contribution in [-0.4, -0.2) is 24.6 Å². The van der Waals surface area contributed by atoms with Crippen molar-refractivity contribution in [3.05, 3.63) is 0 Å². The van der Waals surface area contributed by atoms with Crippen LogP contribution < -0.4 is 0 Å². The fourth-order valence-electron chi connectivity index (χ4n) is 1.27. The van der Waals surface area contributed by atoms with Gasteiger partial charge in [0, 0.05) is 12.3 Å². The van der Waals surface area contributed by atoms with Crippen LogP contribution in [0.1, 0.15) is 40.0 Å². The quantitative estimate of drug-likeness (QED) is 0.579. The highest BCUT2D eigenvalue weighted by Crippen LogP contribution is 2.10. The molecule has 2 atom stereocenters. The topological polar surface area (TPSA) is 56.9 Å². The first kappa shape index (κ1) is 13.3. The van der Waals surface area contributed by atoms with E-state index in [4.69, 9.17) is 15.6 Å². The molecule has 2 unspecified atom stereocenters. The molecule has 0 amide bonds. The van der Waals surface area contributed by atoms with Gasteiger partial charge in [-0.3, -0.25) is 0 Å². The number of hydrogen-bond acceptors (Lipinski definition) is 3. The third-order valence-corrected chi connectivity index (χ3v) is 2.33. The largest absolute Gasteiger partial charge is 0.373 e. The highest BCUT2D eigenvalue weighted by molar-refractivity contribution is 5.85. The summed E-state index contributed by atoms with van der Waals surface area (Å²) in [7, 11) is 0. The van der Waals surface area contributed by atoms with E-state index in [1.54, 1.807) is 0 Å². The molecular formula is C11H22N2O. The van der Waals surface area contributed by atoms with Gasteiger partial charge in [-0.1, -0.05) is 6.92 Å². The van der Waals surface area contributed by atoms with E-state index in [-0.39, 0.29) is 6.10 Å². The van der Waals surface area contributed by atoms with E-state index in [0.717, 1.165) is 19.3 Å². The summed E-state index contributed by atoms with van der Waals surface area (Å²) in [5.74, 6) is 0.502. The fraction of sp³-hybridized carbons (Fsp3) is 0.818. The number of ether oxygens (including phenoxy) is 1. The van der Waals surface area contributed by atoms with Crippen molar-refractivity contribution in [2.75, 3.05) is 6.61 Å². The first-order chi connectivity index (χ1) is 6.61. The van der Waals surface area contributed by atoms with Crippen molar-refractivity contribution in [1.29, 1.82) is 10.8 Å². The normalized spacial score (nSPS) is 14.8. The van der Waals surface area contributed by atoms with Crippen molar-refractivity contribution in [3.63, 3.8) is 0 Å². The average Bonchev–Trinajstić information content (AvgIpc) is 2.15. The van der Waals surface area contributed by atoms with E-state index in [2.05, 4.69) is 6.92 Å². The van der Waals surface area contributed by atoms with Gasteiger partial charge in [0.1, 0.15) is 0 Å². The Labute approximate surface area is 86.9 Å². The van der Waals surface area contributed by atoms with E-state index < -0.39 is 0 Å². The molecule has 0 saturated carbocycles. The first-order valence-electron chi connectivity index (χ1n) is 5.29. The van der Waals surface area contributed by atoms with Crippen molar-refractivity contribution >= 4 is 11.9 Å². The second-order valence-electron chi connectivity index (χ2n) is 3.71. The van der Waals surface area contributed by atoms with Crippen molar-refractivity contribution in [1.82, 2.24) is 0 Å². The molecule has 0 aromatic rings. The van der Waals surface area contributed by atoms with E-state index in [0.29, 0.717) is 18.2 Å². The predicted molar refractivity (Wildman–Crippen MR) is 60.6 cm³/mol. The Kier molecular flexibility index (Phi) is 7.30. The molecule has 14 heavy (non-hydrogen) atoms. The summed E-state index contributed by atoms with van der Waals surface area (Å²) < 4.78 is 5.33. The lowest BCUT2D eigenvalue weighted by Crippen LogP contribution is -2.20. The van der Waals surface area contributed by atoms with Crippen LogP contribution in [-0.2, 0) is 4.74 Å². The van der Waals surface area contributed by atoms with Gasteiger partial charge in [-0.2, -0.15) is 0 Å². The Hall–Kier alpha value is -0.700. The molecule has 2 N–H and O–H groups in total. The van der Waals surface area contributed by atoms with Gasteiger partial charge in [-0.25, -0.2) is 0 Å². The number of hydrogen-bond donors (Lipinski definition) is 2. The second-order valence-corrected chi connectivity index (χ2v) is 3.71. The molecule has 82 valence electrons. The summed E-state index contributed by atoms with van der Waals surface area (Å²) >= 11 is 0. The van der Waals surface area contributed by atoms with Crippen molar-refractivity contribution in [3.8, 4) is 0 Å². The minimum atomic E-state index is -0.0489. The van der Waals surface area contributed by atoms with Crippen molar-refractivity contribution < 1.29 is 4.74 Å². The van der Waals surface area contributed by atoms with Crippen molar-refractivity contribution in [2.45, 2.75) is 46.1 Å². The van der Waals surface area contributed by atoms with Gasteiger partial charge in [-0.05, 0) is 45.2 Å². The van der Waals surface area contributed by atoms with Crippen LogP contribution in [0.2, 0.25) is 0 Å². The molecule has 0 fully saturated rings. The molecule has 0 aliphatic carbocycles. The number of rotatable bonds is 8. The van der Waals surface area contributed by atoms with Crippen LogP contribution in [0.3, 0.4) is 0 Å². The van der Waals surface area contributed by atoms with Crippen LogP contribution in [0.5, 0.6) is 0 Å². The van der Waals surface area contributed by atoms with Crippen LogP contribution in [0.15, 0.2) is 0 Å². The third kappa shape index (κ3) is 5.86. The van der Waals surface area contributed by atoms with Gasteiger partial charge in [0.05, 0.1) is 6.10 Å². The predicted octanol–water partition coefficient (Wildman–Crippen LogP) is 2.89. The molecule has 0 aromatic carbocycles. The van der Waals surface area contributed by atoms with E-state index in [1.807, 2.05) is 13.8 Å². The van der Waals surface area contributed by atoms with Gasteiger partial charge < -0.3 is 15.6 Å². The van der Waals surface area contributed by atoms with Crippen LogP contribution in [0.25, 0.3) is 0 Å². The van der Waals surface area contributed by atoms with E-state index in [9.17, 15) is 0 Å². The summed E-state index contributed by atoms with van der Waals surface area (Å²) in [6, 6.07) is 0. The van der Waals surface area contributed by atoms with Gasteiger partial charge in [0.25, 0.3) is 0 Å². The lowest BCUT2D eigenvalue weighted by molar-refractivity contribution is 0.120. The Morgan fingerprint density at radius 1 is 1.43 bits per heavy atom. The molecule has 0 heterocycles. The molecule has 0 bridgehead atoms. The molecular weight excluding hydrogens is 176 g/mol. The molecule has 0 rings (SSSR count). The SMILES string of the molecule is CCOC(C)C(=N)CCC(C)CC=N. The van der Waals surface area contributed by atoms with Gasteiger partial charge >= 0.3 is 0 Å².